The monoisotopic (exact) mass is 420 g/mol. The van der Waals surface area contributed by atoms with Crippen LogP contribution in [0.5, 0.6) is 0 Å². The molecule has 1 N–H and O–H groups in total. The van der Waals surface area contributed by atoms with Gasteiger partial charge in [0.05, 0.1) is 11.1 Å². The Hall–Kier alpha value is -3.25. The van der Waals surface area contributed by atoms with Gasteiger partial charge >= 0.3 is 0 Å². The third-order valence-electron chi connectivity index (χ3n) is 5.34. The molecule has 1 atom stereocenters. The largest absolute Gasteiger partial charge is 0.344 e. The van der Waals surface area contributed by atoms with Crippen LogP contribution in [-0.4, -0.2) is 28.8 Å². The Balaban J connectivity index is 1.56. The number of aryl methyl sites for hydroxylation is 1. The number of carbonyl (C=O) groups excluding carboxylic acids is 2. The Morgan fingerprint density at radius 1 is 1.17 bits per heavy atom. The maximum absolute atomic E-state index is 12.5. The molecule has 1 aliphatic heterocycles. The Kier molecular flexibility index (Phi) is 5.50. The van der Waals surface area contributed by atoms with Crippen molar-refractivity contribution in [2.75, 3.05) is 11.9 Å². The molecule has 3 aromatic rings. The third kappa shape index (κ3) is 3.91. The van der Waals surface area contributed by atoms with Crippen molar-refractivity contribution >= 4 is 29.1 Å². The van der Waals surface area contributed by atoms with Crippen LogP contribution in [0.25, 0.3) is 11.1 Å². The van der Waals surface area contributed by atoms with E-state index in [1.807, 2.05) is 25.1 Å². The number of halogens is 1. The number of anilines is 1. The van der Waals surface area contributed by atoms with Crippen molar-refractivity contribution < 1.29 is 9.59 Å². The van der Waals surface area contributed by atoms with Gasteiger partial charge in [-0.1, -0.05) is 17.7 Å². The molecule has 0 spiro atoms. The van der Waals surface area contributed by atoms with Crippen LogP contribution in [0.15, 0.2) is 55.0 Å². The molecule has 0 radical (unpaired) electrons. The van der Waals surface area contributed by atoms with Gasteiger partial charge in [-0.05, 0) is 60.4 Å². The highest BCUT2D eigenvalue weighted by Gasteiger charge is 2.21. The highest BCUT2D eigenvalue weighted by molar-refractivity contribution is 6.33. The highest BCUT2D eigenvalue weighted by atomic mass is 35.5. The second-order valence-corrected chi connectivity index (χ2v) is 7.74. The van der Waals surface area contributed by atoms with E-state index < -0.39 is 0 Å². The minimum atomic E-state index is -0.333. The molecule has 152 valence electrons. The fraction of sp³-hybridized carbons (Fsp3) is 0.217. The summed E-state index contributed by atoms with van der Waals surface area (Å²) in [5.74, 6) is -0.198. The lowest BCUT2D eigenvalue weighted by Crippen LogP contribution is -2.30. The molecule has 2 amide bonds. The second-order valence-electron chi connectivity index (χ2n) is 7.33. The fourth-order valence-corrected chi connectivity index (χ4v) is 3.80. The van der Waals surface area contributed by atoms with E-state index >= 15 is 0 Å². The van der Waals surface area contributed by atoms with Crippen molar-refractivity contribution in [3.8, 4) is 11.1 Å². The van der Waals surface area contributed by atoms with Gasteiger partial charge in [-0.2, -0.15) is 0 Å². The topological polar surface area (TPSA) is 75.2 Å². The summed E-state index contributed by atoms with van der Waals surface area (Å²) in [6, 6.07) is 11.1. The van der Waals surface area contributed by atoms with Gasteiger partial charge in [0.1, 0.15) is 5.69 Å². The Bertz CT molecular complexity index is 1130. The van der Waals surface area contributed by atoms with Crippen LogP contribution in [0.1, 0.15) is 41.0 Å². The van der Waals surface area contributed by atoms with Crippen molar-refractivity contribution in [2.45, 2.75) is 25.8 Å². The summed E-state index contributed by atoms with van der Waals surface area (Å²) < 4.78 is 0. The van der Waals surface area contributed by atoms with E-state index in [1.54, 1.807) is 36.5 Å². The summed E-state index contributed by atoms with van der Waals surface area (Å²) in [6.07, 6.45) is 6.32. The zero-order chi connectivity index (χ0) is 21.3. The zero-order valence-corrected chi connectivity index (χ0v) is 17.5. The molecule has 0 fully saturated rings. The summed E-state index contributed by atoms with van der Waals surface area (Å²) in [4.78, 5) is 34.5. The molecular weight excluding hydrogens is 400 g/mol. The molecule has 2 aromatic heterocycles. The van der Waals surface area contributed by atoms with Gasteiger partial charge in [0.15, 0.2) is 0 Å². The number of amides is 2. The summed E-state index contributed by atoms with van der Waals surface area (Å²) in [6.45, 7) is 1.89. The molecule has 30 heavy (non-hydrogen) atoms. The highest BCUT2D eigenvalue weighted by Crippen LogP contribution is 2.32. The Morgan fingerprint density at radius 2 is 2.00 bits per heavy atom. The van der Waals surface area contributed by atoms with Crippen molar-refractivity contribution in [3.05, 3.63) is 76.8 Å². The number of nitrogens with zero attached hydrogens (tertiary/aromatic N) is 3. The van der Waals surface area contributed by atoms with E-state index in [2.05, 4.69) is 21.4 Å². The first-order valence-corrected chi connectivity index (χ1v) is 10.1. The molecular formula is C23H21ClN4O2. The molecule has 0 saturated carbocycles. The van der Waals surface area contributed by atoms with E-state index in [0.29, 0.717) is 11.4 Å². The van der Waals surface area contributed by atoms with Gasteiger partial charge in [0.2, 0.25) is 5.91 Å². The lowest BCUT2D eigenvalue weighted by Gasteiger charge is -2.26. The normalized spacial score (nSPS) is 14.2. The number of hydrogen-bond acceptors (Lipinski definition) is 4. The summed E-state index contributed by atoms with van der Waals surface area (Å²) in [5.41, 5.74) is 5.14. The Labute approximate surface area is 179 Å². The van der Waals surface area contributed by atoms with Crippen LogP contribution in [0.3, 0.4) is 0 Å². The number of nitrogens with one attached hydrogen (secondary N) is 1. The molecule has 7 heteroatoms. The standard InChI is InChI=1S/C23H21ClN4O2/c1-14(27-23(30)22-19(24)4-3-9-26-22)17-11-18(13-25-12-17)15-5-7-20-16(10-15)6-8-21(29)28(20)2/h3-5,7,9-14H,6,8H2,1-2H3,(H,27,30)/t14-/m1/s1. The van der Waals surface area contributed by atoms with Crippen LogP contribution in [0.2, 0.25) is 5.02 Å². The second kappa shape index (κ2) is 8.24. The molecule has 0 aliphatic carbocycles. The first kappa shape index (κ1) is 20.0. The summed E-state index contributed by atoms with van der Waals surface area (Å²) >= 11 is 6.07. The van der Waals surface area contributed by atoms with Gasteiger partial charge in [-0.15, -0.1) is 0 Å². The lowest BCUT2D eigenvalue weighted by atomic mass is 9.96. The van der Waals surface area contributed by atoms with Crippen LogP contribution >= 0.6 is 11.6 Å². The van der Waals surface area contributed by atoms with E-state index in [1.165, 1.54) is 6.20 Å². The Morgan fingerprint density at radius 3 is 2.80 bits per heavy atom. The molecule has 4 rings (SSSR count). The number of hydrogen-bond donors (Lipinski definition) is 1. The molecule has 1 aromatic carbocycles. The van der Waals surface area contributed by atoms with Gasteiger partial charge in [0.25, 0.3) is 5.91 Å². The van der Waals surface area contributed by atoms with Gasteiger partial charge in [0, 0.05) is 43.3 Å². The zero-order valence-electron chi connectivity index (χ0n) is 16.7. The maximum atomic E-state index is 12.5. The minimum Gasteiger partial charge on any atom is -0.344 e. The number of rotatable bonds is 4. The number of aromatic nitrogens is 2. The fourth-order valence-electron chi connectivity index (χ4n) is 3.59. The molecule has 3 heterocycles. The quantitative estimate of drug-likeness (QED) is 0.686. The minimum absolute atomic E-state index is 0.136. The molecule has 0 unspecified atom stereocenters. The number of fused-ring (bicyclic) bond motifs is 1. The summed E-state index contributed by atoms with van der Waals surface area (Å²) in [5, 5.41) is 3.23. The molecule has 0 saturated heterocycles. The molecule has 6 nitrogen and oxygen atoms in total. The predicted molar refractivity (Wildman–Crippen MR) is 117 cm³/mol. The predicted octanol–water partition coefficient (Wildman–Crippen LogP) is 4.20. The first-order chi connectivity index (χ1) is 14.4. The van der Waals surface area contributed by atoms with E-state index in [-0.39, 0.29) is 23.6 Å². The number of benzene rings is 1. The van der Waals surface area contributed by atoms with Crippen LogP contribution in [0.4, 0.5) is 5.69 Å². The van der Waals surface area contributed by atoms with Gasteiger partial charge < -0.3 is 10.2 Å². The van der Waals surface area contributed by atoms with Crippen molar-refractivity contribution in [1.29, 1.82) is 0 Å². The van der Waals surface area contributed by atoms with E-state index in [0.717, 1.165) is 34.4 Å². The van der Waals surface area contributed by atoms with Crippen LogP contribution in [0, 0.1) is 0 Å². The average molecular weight is 421 g/mol. The molecule has 1 aliphatic rings. The lowest BCUT2D eigenvalue weighted by molar-refractivity contribution is -0.118. The van der Waals surface area contributed by atoms with E-state index in [4.69, 9.17) is 11.6 Å². The molecule has 0 bridgehead atoms. The van der Waals surface area contributed by atoms with Gasteiger partial charge in [-0.3, -0.25) is 14.6 Å². The number of pyridine rings is 2. The average Bonchev–Trinajstić information content (AvgIpc) is 2.76. The third-order valence-corrected chi connectivity index (χ3v) is 5.64. The first-order valence-electron chi connectivity index (χ1n) is 9.70. The van der Waals surface area contributed by atoms with E-state index in [9.17, 15) is 9.59 Å². The maximum Gasteiger partial charge on any atom is 0.271 e. The summed E-state index contributed by atoms with van der Waals surface area (Å²) in [7, 11) is 1.81. The van der Waals surface area contributed by atoms with Crippen molar-refractivity contribution in [2.24, 2.45) is 0 Å². The SMILES string of the molecule is C[C@@H](NC(=O)c1ncccc1Cl)c1cncc(-c2ccc3c(c2)CCC(=O)N3C)c1. The van der Waals surface area contributed by atoms with Crippen LogP contribution in [-0.2, 0) is 11.2 Å². The smallest absolute Gasteiger partial charge is 0.271 e. The van der Waals surface area contributed by atoms with Gasteiger partial charge in [-0.25, -0.2) is 4.98 Å². The van der Waals surface area contributed by atoms with Crippen LogP contribution < -0.4 is 10.2 Å². The van der Waals surface area contributed by atoms with Crippen molar-refractivity contribution in [1.82, 2.24) is 15.3 Å². The van der Waals surface area contributed by atoms with Crippen molar-refractivity contribution in [3.63, 3.8) is 0 Å². The number of carbonyl (C=O) groups is 2.